The molecule has 0 spiro atoms. The molecule has 0 aromatic heterocycles. The Labute approximate surface area is 129 Å². The molecule has 0 aliphatic carbocycles. The molecule has 7 heteroatoms. The summed E-state index contributed by atoms with van der Waals surface area (Å²) < 4.78 is 5.16. The fraction of sp³-hybridized carbons (Fsp3) is 0.429. The van der Waals surface area contributed by atoms with Crippen molar-refractivity contribution in [2.75, 3.05) is 33.1 Å². The lowest BCUT2D eigenvalue weighted by molar-refractivity contribution is -0.885. The van der Waals surface area contributed by atoms with Crippen molar-refractivity contribution in [1.82, 2.24) is 5.32 Å². The van der Waals surface area contributed by atoms with Gasteiger partial charge in [-0.3, -0.25) is 9.59 Å². The highest BCUT2D eigenvalue weighted by atomic mass is 35.5. The Hall–Kier alpha value is -1.79. The summed E-state index contributed by atoms with van der Waals surface area (Å²) in [5.74, 6) is 0.203. The molecule has 6 nitrogen and oxygen atoms in total. The summed E-state index contributed by atoms with van der Waals surface area (Å²) in [7, 11) is 4.88. The second kappa shape index (κ2) is 7.85. The maximum absolute atomic E-state index is 12.1. The van der Waals surface area contributed by atoms with E-state index in [1.807, 2.05) is 0 Å². The fourth-order valence-electron chi connectivity index (χ4n) is 1.82. The van der Waals surface area contributed by atoms with Crippen LogP contribution in [0.5, 0.6) is 5.75 Å². The van der Waals surface area contributed by atoms with E-state index in [4.69, 9.17) is 16.3 Å². The van der Waals surface area contributed by atoms with Crippen molar-refractivity contribution in [3.8, 4) is 5.75 Å². The van der Waals surface area contributed by atoms with E-state index in [1.54, 1.807) is 39.2 Å². The molecule has 1 aromatic rings. The van der Waals surface area contributed by atoms with Gasteiger partial charge in [0, 0.05) is 12.1 Å². The molecule has 116 valence electrons. The molecular formula is C14H21ClN3O3+. The lowest BCUT2D eigenvalue weighted by Gasteiger charge is -2.20. The number of methoxy groups -OCH3 is 1. The van der Waals surface area contributed by atoms with Gasteiger partial charge >= 0.3 is 0 Å². The van der Waals surface area contributed by atoms with Crippen LogP contribution < -0.4 is 20.3 Å². The highest BCUT2D eigenvalue weighted by molar-refractivity contribution is 6.31. The monoisotopic (exact) mass is 314 g/mol. The first-order chi connectivity index (χ1) is 9.88. The van der Waals surface area contributed by atoms with E-state index in [0.717, 1.165) is 4.90 Å². The molecule has 2 atom stereocenters. The normalized spacial score (nSPS) is 13.2. The Morgan fingerprint density at radius 2 is 2.10 bits per heavy atom. The quantitative estimate of drug-likeness (QED) is 0.689. The van der Waals surface area contributed by atoms with Gasteiger partial charge in [0.1, 0.15) is 5.75 Å². The third kappa shape index (κ3) is 4.91. The summed E-state index contributed by atoms with van der Waals surface area (Å²) in [5, 5.41) is 5.81. The SMILES string of the molecule is CNC(=O)[C@H](C)[NH+](C)CC(=O)Nc1cc(Cl)ccc1OC. The average molecular weight is 315 g/mol. The highest BCUT2D eigenvalue weighted by Crippen LogP contribution is 2.27. The van der Waals surface area contributed by atoms with Crippen LogP contribution in [0.2, 0.25) is 5.02 Å². The fourth-order valence-corrected chi connectivity index (χ4v) is 1.99. The zero-order valence-corrected chi connectivity index (χ0v) is 13.4. The smallest absolute Gasteiger partial charge is 0.279 e. The number of carbonyl (C=O) groups excluding carboxylic acids is 2. The Kier molecular flexibility index (Phi) is 6.45. The molecule has 1 rings (SSSR count). The van der Waals surface area contributed by atoms with E-state index in [9.17, 15) is 9.59 Å². The molecule has 1 aromatic carbocycles. The van der Waals surface area contributed by atoms with Crippen LogP contribution in [-0.4, -0.2) is 45.6 Å². The summed E-state index contributed by atoms with van der Waals surface area (Å²) >= 11 is 5.91. The molecule has 3 N–H and O–H groups in total. The summed E-state index contributed by atoms with van der Waals surface area (Å²) in [4.78, 5) is 24.4. The van der Waals surface area contributed by atoms with Crippen LogP contribution in [0.15, 0.2) is 18.2 Å². The van der Waals surface area contributed by atoms with Crippen molar-refractivity contribution >= 4 is 29.1 Å². The topological polar surface area (TPSA) is 71.9 Å². The maximum Gasteiger partial charge on any atom is 0.279 e. The summed E-state index contributed by atoms with van der Waals surface area (Å²) in [5.41, 5.74) is 0.510. The van der Waals surface area contributed by atoms with Crippen LogP contribution in [-0.2, 0) is 9.59 Å². The second-order valence-electron chi connectivity index (χ2n) is 4.75. The number of amides is 2. The largest absolute Gasteiger partial charge is 0.495 e. The molecular weight excluding hydrogens is 294 g/mol. The van der Waals surface area contributed by atoms with Gasteiger partial charge in [-0.05, 0) is 25.1 Å². The van der Waals surface area contributed by atoms with Gasteiger partial charge in [-0.2, -0.15) is 0 Å². The first-order valence-electron chi connectivity index (χ1n) is 6.56. The molecule has 0 bridgehead atoms. The van der Waals surface area contributed by atoms with E-state index >= 15 is 0 Å². The van der Waals surface area contributed by atoms with E-state index in [-0.39, 0.29) is 24.4 Å². The number of carbonyl (C=O) groups is 2. The zero-order chi connectivity index (χ0) is 16.0. The van der Waals surface area contributed by atoms with Crippen molar-refractivity contribution in [3.05, 3.63) is 23.2 Å². The Bertz CT molecular complexity index is 522. The van der Waals surface area contributed by atoms with Gasteiger partial charge in [0.05, 0.1) is 19.8 Å². The molecule has 0 radical (unpaired) electrons. The molecule has 0 aliphatic heterocycles. The van der Waals surface area contributed by atoms with Gasteiger partial charge < -0.3 is 20.3 Å². The molecule has 0 fully saturated rings. The van der Waals surface area contributed by atoms with Crippen molar-refractivity contribution in [2.24, 2.45) is 0 Å². The number of ether oxygens (including phenoxy) is 1. The van der Waals surface area contributed by atoms with Crippen LogP contribution in [0.1, 0.15) is 6.92 Å². The molecule has 0 saturated carbocycles. The van der Waals surface area contributed by atoms with Crippen LogP contribution in [0.25, 0.3) is 0 Å². The van der Waals surface area contributed by atoms with E-state index in [0.29, 0.717) is 16.5 Å². The van der Waals surface area contributed by atoms with Gasteiger partial charge in [0.2, 0.25) is 0 Å². The summed E-state index contributed by atoms with van der Waals surface area (Å²) in [6, 6.07) is 4.67. The van der Waals surface area contributed by atoms with E-state index in [1.165, 1.54) is 7.11 Å². The van der Waals surface area contributed by atoms with Gasteiger partial charge in [-0.1, -0.05) is 11.6 Å². The molecule has 0 saturated heterocycles. The van der Waals surface area contributed by atoms with Crippen LogP contribution in [0.4, 0.5) is 5.69 Å². The molecule has 2 amide bonds. The van der Waals surface area contributed by atoms with Gasteiger partial charge in [0.15, 0.2) is 12.6 Å². The standard InChI is InChI=1S/C14H20ClN3O3/c1-9(14(20)16-2)18(3)8-13(19)17-11-7-10(15)5-6-12(11)21-4/h5-7,9H,8H2,1-4H3,(H,16,20)(H,17,19)/p+1/t9-/m0/s1. The van der Waals surface area contributed by atoms with Gasteiger partial charge in [-0.25, -0.2) is 0 Å². The maximum atomic E-state index is 12.1. The number of hydrogen-bond donors (Lipinski definition) is 3. The molecule has 0 aliphatic rings. The van der Waals surface area contributed by atoms with Crippen LogP contribution >= 0.6 is 11.6 Å². The lowest BCUT2D eigenvalue weighted by atomic mass is 10.2. The summed E-state index contributed by atoms with van der Waals surface area (Å²) in [6.45, 7) is 1.92. The number of halogens is 1. The van der Waals surface area contributed by atoms with Crippen molar-refractivity contribution < 1.29 is 19.2 Å². The Morgan fingerprint density at radius 1 is 1.43 bits per heavy atom. The number of nitrogens with one attached hydrogen (secondary N) is 3. The van der Waals surface area contributed by atoms with E-state index < -0.39 is 0 Å². The number of hydrogen-bond acceptors (Lipinski definition) is 3. The van der Waals surface area contributed by atoms with Gasteiger partial charge in [-0.15, -0.1) is 0 Å². The number of rotatable bonds is 6. The minimum absolute atomic E-state index is 0.111. The molecule has 0 heterocycles. The second-order valence-corrected chi connectivity index (χ2v) is 5.19. The molecule has 21 heavy (non-hydrogen) atoms. The summed E-state index contributed by atoms with van der Waals surface area (Å²) in [6.07, 6.45) is 0. The van der Waals surface area contributed by atoms with Crippen molar-refractivity contribution in [3.63, 3.8) is 0 Å². The third-order valence-corrected chi connectivity index (χ3v) is 3.49. The number of benzene rings is 1. The van der Waals surface area contributed by atoms with Crippen LogP contribution in [0, 0.1) is 0 Å². The van der Waals surface area contributed by atoms with Crippen molar-refractivity contribution in [2.45, 2.75) is 13.0 Å². The number of likely N-dealkylation sites (N-methyl/N-ethyl adjacent to an activating group) is 2. The average Bonchev–Trinajstić information content (AvgIpc) is 2.45. The third-order valence-electron chi connectivity index (χ3n) is 3.25. The first-order valence-corrected chi connectivity index (χ1v) is 6.94. The minimum atomic E-state index is -0.318. The van der Waals surface area contributed by atoms with Crippen LogP contribution in [0.3, 0.4) is 0 Å². The predicted molar refractivity (Wildman–Crippen MR) is 81.9 cm³/mol. The highest BCUT2D eigenvalue weighted by Gasteiger charge is 2.23. The number of quaternary nitrogens is 1. The predicted octanol–water partition coefficient (Wildman–Crippen LogP) is -0.0637. The Morgan fingerprint density at radius 3 is 2.67 bits per heavy atom. The minimum Gasteiger partial charge on any atom is -0.495 e. The first kappa shape index (κ1) is 17.3. The lowest BCUT2D eigenvalue weighted by Crippen LogP contribution is -3.15. The van der Waals surface area contributed by atoms with Crippen molar-refractivity contribution in [1.29, 1.82) is 0 Å². The molecule has 1 unspecified atom stereocenters. The Balaban J connectivity index is 2.70. The zero-order valence-electron chi connectivity index (χ0n) is 12.6. The van der Waals surface area contributed by atoms with E-state index in [2.05, 4.69) is 10.6 Å². The van der Waals surface area contributed by atoms with Gasteiger partial charge in [0.25, 0.3) is 11.8 Å². The number of anilines is 1.